The Bertz CT molecular complexity index is 912. The van der Waals surface area contributed by atoms with Crippen molar-refractivity contribution in [2.45, 2.75) is 43.6 Å². The maximum absolute atomic E-state index is 13.5. The number of rotatable bonds is 6. The molecular formula is C25H29BrN2O3. The highest BCUT2D eigenvalue weighted by molar-refractivity contribution is 9.10. The van der Waals surface area contributed by atoms with Crippen LogP contribution in [0.2, 0.25) is 0 Å². The van der Waals surface area contributed by atoms with Gasteiger partial charge in [-0.15, -0.1) is 0 Å². The molecule has 0 spiro atoms. The van der Waals surface area contributed by atoms with E-state index in [1.807, 2.05) is 42.5 Å². The molecule has 2 amide bonds. The molecule has 1 N–H and O–H groups in total. The summed E-state index contributed by atoms with van der Waals surface area (Å²) in [6.45, 7) is 2.50. The Balaban J connectivity index is 1.58. The number of nitrogens with one attached hydrogen (secondary N) is 1. The van der Waals surface area contributed by atoms with Crippen molar-refractivity contribution < 1.29 is 14.3 Å². The van der Waals surface area contributed by atoms with E-state index in [4.69, 9.17) is 4.74 Å². The number of piperidine rings is 1. The predicted octanol–water partition coefficient (Wildman–Crippen LogP) is 4.37. The van der Waals surface area contributed by atoms with E-state index in [-0.39, 0.29) is 17.2 Å². The van der Waals surface area contributed by atoms with Gasteiger partial charge in [-0.25, -0.2) is 0 Å². The lowest BCUT2D eigenvalue weighted by atomic mass is 9.74. The van der Waals surface area contributed by atoms with Crippen LogP contribution in [0, 0.1) is 0 Å². The summed E-state index contributed by atoms with van der Waals surface area (Å²) < 4.78 is 6.66. The van der Waals surface area contributed by atoms with E-state index >= 15 is 0 Å². The van der Waals surface area contributed by atoms with Crippen molar-refractivity contribution in [1.29, 1.82) is 0 Å². The van der Waals surface area contributed by atoms with Crippen LogP contribution in [0.25, 0.3) is 0 Å². The van der Waals surface area contributed by atoms with Crippen LogP contribution >= 0.6 is 15.9 Å². The summed E-state index contributed by atoms with van der Waals surface area (Å²) >= 11 is 3.58. The van der Waals surface area contributed by atoms with Gasteiger partial charge >= 0.3 is 0 Å². The van der Waals surface area contributed by atoms with Crippen molar-refractivity contribution >= 4 is 27.7 Å². The summed E-state index contributed by atoms with van der Waals surface area (Å²) in [6.07, 6.45) is 4.03. The van der Waals surface area contributed by atoms with Crippen molar-refractivity contribution in [3.63, 3.8) is 0 Å². The van der Waals surface area contributed by atoms with Crippen molar-refractivity contribution in [3.05, 3.63) is 70.2 Å². The van der Waals surface area contributed by atoms with Crippen molar-refractivity contribution in [2.75, 3.05) is 26.3 Å². The highest BCUT2D eigenvalue weighted by Gasteiger charge is 2.37. The molecule has 2 aliphatic heterocycles. The smallest absolute Gasteiger partial charge is 0.247 e. The fraction of sp³-hybridized carbons (Fsp3) is 0.440. The number of carbonyl (C=O) groups excluding carboxylic acids is 2. The first kappa shape index (κ1) is 22.0. The number of likely N-dealkylation sites (tertiary alicyclic amines) is 1. The third kappa shape index (κ3) is 5.01. The van der Waals surface area contributed by atoms with Crippen molar-refractivity contribution in [2.24, 2.45) is 0 Å². The first-order valence-electron chi connectivity index (χ1n) is 11.0. The number of benzene rings is 2. The van der Waals surface area contributed by atoms with Crippen LogP contribution in [-0.2, 0) is 19.7 Å². The Labute approximate surface area is 192 Å². The van der Waals surface area contributed by atoms with Gasteiger partial charge in [0.1, 0.15) is 6.04 Å². The van der Waals surface area contributed by atoms with Crippen LogP contribution in [0.5, 0.6) is 0 Å². The molecule has 5 nitrogen and oxygen atoms in total. The molecule has 164 valence electrons. The Morgan fingerprint density at radius 1 is 1.10 bits per heavy atom. The maximum atomic E-state index is 13.5. The molecule has 2 aromatic carbocycles. The molecular weight excluding hydrogens is 456 g/mol. The molecule has 0 radical (unpaired) electrons. The first-order valence-corrected chi connectivity index (χ1v) is 11.8. The van der Waals surface area contributed by atoms with Gasteiger partial charge in [0.2, 0.25) is 11.8 Å². The number of hydrogen-bond donors (Lipinski definition) is 1. The van der Waals surface area contributed by atoms with Gasteiger partial charge in [-0.3, -0.25) is 9.59 Å². The Morgan fingerprint density at radius 3 is 2.58 bits per heavy atom. The van der Waals surface area contributed by atoms with Gasteiger partial charge in [0.05, 0.1) is 0 Å². The summed E-state index contributed by atoms with van der Waals surface area (Å²) in [5.41, 5.74) is 1.89. The highest BCUT2D eigenvalue weighted by atomic mass is 79.9. The minimum Gasteiger partial charge on any atom is -0.381 e. The second kappa shape index (κ2) is 9.96. The fourth-order valence-corrected chi connectivity index (χ4v) is 5.11. The van der Waals surface area contributed by atoms with Gasteiger partial charge in [-0.05, 0) is 48.9 Å². The van der Waals surface area contributed by atoms with Crippen LogP contribution in [0.1, 0.15) is 49.3 Å². The minimum atomic E-state index is -0.589. The predicted molar refractivity (Wildman–Crippen MR) is 124 cm³/mol. The summed E-state index contributed by atoms with van der Waals surface area (Å²) in [7, 11) is 0. The van der Waals surface area contributed by atoms with E-state index in [0.717, 1.165) is 35.7 Å². The average molecular weight is 485 g/mol. The van der Waals surface area contributed by atoms with E-state index in [0.29, 0.717) is 32.7 Å². The molecule has 0 bridgehead atoms. The second-order valence-corrected chi connectivity index (χ2v) is 9.39. The summed E-state index contributed by atoms with van der Waals surface area (Å²) in [5.74, 6) is -0.0506. The van der Waals surface area contributed by atoms with Crippen LogP contribution in [0.4, 0.5) is 0 Å². The fourth-order valence-electron chi connectivity index (χ4n) is 4.71. The van der Waals surface area contributed by atoms with Gasteiger partial charge in [0.15, 0.2) is 0 Å². The standard InChI is InChI=1S/C25H29BrN2O3/c26-21-10-6-9-20(17-21)25(12-15-31-16-13-25)18-27-24(30)23(19-7-2-1-3-8-19)28-14-5-4-11-22(28)29/h1-3,6-10,17,23H,4-5,11-16,18H2,(H,27,30). The van der Waals surface area contributed by atoms with Crippen LogP contribution < -0.4 is 5.32 Å². The molecule has 4 rings (SSSR count). The number of amides is 2. The molecule has 2 aromatic rings. The van der Waals surface area contributed by atoms with Crippen LogP contribution in [0.15, 0.2) is 59.1 Å². The monoisotopic (exact) mass is 484 g/mol. The van der Waals surface area contributed by atoms with Gasteiger partial charge in [0, 0.05) is 42.6 Å². The SMILES string of the molecule is O=C(NCC1(c2cccc(Br)c2)CCOCC1)C(c1ccccc1)N1CCCCC1=O. The molecule has 31 heavy (non-hydrogen) atoms. The first-order chi connectivity index (χ1) is 15.1. The molecule has 0 saturated carbocycles. The zero-order valence-electron chi connectivity index (χ0n) is 17.7. The molecule has 0 aliphatic carbocycles. The number of ether oxygens (including phenoxy) is 1. The van der Waals surface area contributed by atoms with Gasteiger partial charge in [-0.2, -0.15) is 0 Å². The maximum Gasteiger partial charge on any atom is 0.247 e. The summed E-state index contributed by atoms with van der Waals surface area (Å²) in [5, 5.41) is 3.22. The third-order valence-corrected chi connectivity index (χ3v) is 7.02. The second-order valence-electron chi connectivity index (χ2n) is 8.48. The number of halogens is 1. The van der Waals surface area contributed by atoms with Gasteiger partial charge in [-0.1, -0.05) is 58.4 Å². The zero-order chi connectivity index (χ0) is 21.7. The molecule has 2 fully saturated rings. The van der Waals surface area contributed by atoms with E-state index in [1.54, 1.807) is 4.90 Å². The van der Waals surface area contributed by atoms with Gasteiger partial charge < -0.3 is 15.0 Å². The molecule has 1 unspecified atom stereocenters. The summed E-state index contributed by atoms with van der Waals surface area (Å²) in [6, 6.07) is 17.4. The lowest BCUT2D eigenvalue weighted by molar-refractivity contribution is -0.143. The lowest BCUT2D eigenvalue weighted by Crippen LogP contribution is -2.50. The van der Waals surface area contributed by atoms with Gasteiger partial charge in [0.25, 0.3) is 0 Å². The molecule has 2 saturated heterocycles. The number of hydrogen-bond acceptors (Lipinski definition) is 3. The number of carbonyl (C=O) groups is 2. The van der Waals surface area contributed by atoms with Crippen molar-refractivity contribution in [3.8, 4) is 0 Å². The highest BCUT2D eigenvalue weighted by Crippen LogP contribution is 2.36. The molecule has 6 heteroatoms. The van der Waals surface area contributed by atoms with E-state index in [9.17, 15) is 9.59 Å². The molecule has 2 aliphatic rings. The Kier molecular flexibility index (Phi) is 7.08. The number of nitrogens with zero attached hydrogens (tertiary/aromatic N) is 1. The quantitative estimate of drug-likeness (QED) is 0.662. The zero-order valence-corrected chi connectivity index (χ0v) is 19.3. The lowest BCUT2D eigenvalue weighted by Gasteiger charge is -2.39. The molecule has 0 aromatic heterocycles. The largest absolute Gasteiger partial charge is 0.381 e. The van der Waals surface area contributed by atoms with E-state index < -0.39 is 6.04 Å². The van der Waals surface area contributed by atoms with Crippen LogP contribution in [-0.4, -0.2) is 43.0 Å². The molecule has 1 atom stereocenters. The topological polar surface area (TPSA) is 58.6 Å². The van der Waals surface area contributed by atoms with Crippen LogP contribution in [0.3, 0.4) is 0 Å². The van der Waals surface area contributed by atoms with E-state index in [1.165, 1.54) is 5.56 Å². The van der Waals surface area contributed by atoms with E-state index in [2.05, 4.69) is 33.4 Å². The Hall–Kier alpha value is -2.18. The minimum absolute atomic E-state index is 0.0584. The normalized spacial score (nSPS) is 19.6. The summed E-state index contributed by atoms with van der Waals surface area (Å²) in [4.78, 5) is 27.9. The molecule has 2 heterocycles. The average Bonchev–Trinajstić information content (AvgIpc) is 2.80. The van der Waals surface area contributed by atoms with Crippen molar-refractivity contribution in [1.82, 2.24) is 10.2 Å². The third-order valence-electron chi connectivity index (χ3n) is 6.52. The Morgan fingerprint density at radius 2 is 1.87 bits per heavy atom.